The van der Waals surface area contributed by atoms with Gasteiger partial charge in [-0.2, -0.15) is 8.42 Å². The molecule has 0 atom stereocenters. The summed E-state index contributed by atoms with van der Waals surface area (Å²) in [6.07, 6.45) is 2.39. The maximum Gasteiger partial charge on any atom is 0.294 e. The molecule has 2 aromatic carbocycles. The van der Waals surface area contributed by atoms with Crippen molar-refractivity contribution in [2.45, 2.75) is 24.7 Å². The van der Waals surface area contributed by atoms with Crippen molar-refractivity contribution >= 4 is 20.9 Å². The third-order valence-corrected chi connectivity index (χ3v) is 4.02. The van der Waals surface area contributed by atoms with Crippen LogP contribution in [-0.2, 0) is 10.1 Å². The zero-order chi connectivity index (χ0) is 17.5. The molecule has 0 aliphatic heterocycles. The van der Waals surface area contributed by atoms with E-state index in [-0.39, 0.29) is 4.90 Å². The van der Waals surface area contributed by atoms with Crippen LogP contribution in [0.2, 0.25) is 0 Å². The van der Waals surface area contributed by atoms with E-state index in [2.05, 4.69) is 6.92 Å². The summed E-state index contributed by atoms with van der Waals surface area (Å²) in [5.74, 6) is 1.06. The molecule has 0 heterocycles. The molecule has 0 saturated heterocycles. The van der Waals surface area contributed by atoms with E-state index in [1.807, 2.05) is 0 Å². The smallest absolute Gasteiger partial charge is 0.294 e. The van der Waals surface area contributed by atoms with Crippen LogP contribution < -0.4 is 15.2 Å². The number of ether oxygens (including phenoxy) is 2. The lowest BCUT2D eigenvalue weighted by Gasteiger charge is -2.09. The van der Waals surface area contributed by atoms with Crippen molar-refractivity contribution in [2.75, 3.05) is 20.8 Å². The van der Waals surface area contributed by atoms with Crippen LogP contribution in [0.4, 0.5) is 0 Å². The molecule has 6 nitrogen and oxygen atoms in total. The number of fused-ring (bicyclic) bond motifs is 1. The average molecular weight is 341 g/mol. The number of rotatable bonds is 5. The summed E-state index contributed by atoms with van der Waals surface area (Å²) < 4.78 is 41.4. The predicted octanol–water partition coefficient (Wildman–Crippen LogP) is 2.85. The molecule has 0 aliphatic carbocycles. The fraction of sp³-hybridized carbons (Fsp3) is 0.375. The molecule has 7 heteroatoms. The SMILES string of the molecule is CCCCN.COc1cc2ccc(S(=O)(=O)O)cc2cc1OC. The van der Waals surface area contributed by atoms with Gasteiger partial charge in [-0.05, 0) is 48.0 Å². The first-order valence-electron chi connectivity index (χ1n) is 7.20. The monoisotopic (exact) mass is 341 g/mol. The second-order valence-electron chi connectivity index (χ2n) is 4.83. The molecular weight excluding hydrogens is 318 g/mol. The molecule has 0 bridgehead atoms. The number of hydrogen-bond donors (Lipinski definition) is 2. The molecule has 0 aliphatic rings. The Bertz CT molecular complexity index is 741. The van der Waals surface area contributed by atoms with Gasteiger partial charge in [-0.15, -0.1) is 0 Å². The summed E-state index contributed by atoms with van der Waals surface area (Å²) in [5.41, 5.74) is 5.14. The van der Waals surface area contributed by atoms with Crippen LogP contribution >= 0.6 is 0 Å². The van der Waals surface area contributed by atoms with E-state index in [1.54, 1.807) is 18.2 Å². The van der Waals surface area contributed by atoms with E-state index in [4.69, 9.17) is 19.8 Å². The van der Waals surface area contributed by atoms with Crippen LogP contribution in [0.15, 0.2) is 35.2 Å². The normalized spacial score (nSPS) is 10.8. The van der Waals surface area contributed by atoms with Gasteiger partial charge in [0.05, 0.1) is 19.1 Å². The highest BCUT2D eigenvalue weighted by atomic mass is 32.2. The quantitative estimate of drug-likeness (QED) is 0.811. The van der Waals surface area contributed by atoms with Crippen molar-refractivity contribution in [2.24, 2.45) is 5.73 Å². The van der Waals surface area contributed by atoms with Gasteiger partial charge >= 0.3 is 0 Å². The zero-order valence-electron chi connectivity index (χ0n) is 13.6. The van der Waals surface area contributed by atoms with Gasteiger partial charge in [0.1, 0.15) is 0 Å². The van der Waals surface area contributed by atoms with Gasteiger partial charge in [0, 0.05) is 0 Å². The van der Waals surface area contributed by atoms with E-state index < -0.39 is 10.1 Å². The summed E-state index contributed by atoms with van der Waals surface area (Å²) in [5, 5.41) is 1.43. The summed E-state index contributed by atoms with van der Waals surface area (Å²) in [6.45, 7) is 2.98. The van der Waals surface area contributed by atoms with Crippen molar-refractivity contribution < 1.29 is 22.4 Å². The summed E-state index contributed by atoms with van der Waals surface area (Å²) >= 11 is 0. The summed E-state index contributed by atoms with van der Waals surface area (Å²) in [7, 11) is -1.18. The van der Waals surface area contributed by atoms with E-state index >= 15 is 0 Å². The fourth-order valence-electron chi connectivity index (χ4n) is 1.92. The average Bonchev–Trinajstić information content (AvgIpc) is 2.53. The van der Waals surface area contributed by atoms with Crippen LogP contribution in [0.1, 0.15) is 19.8 Å². The summed E-state index contributed by atoms with van der Waals surface area (Å²) in [4.78, 5) is -0.151. The minimum atomic E-state index is -4.20. The number of hydrogen-bond acceptors (Lipinski definition) is 5. The van der Waals surface area contributed by atoms with Gasteiger partial charge in [0.15, 0.2) is 11.5 Å². The lowest BCUT2D eigenvalue weighted by atomic mass is 10.1. The first-order chi connectivity index (χ1) is 10.9. The lowest BCUT2D eigenvalue weighted by Crippen LogP contribution is -1.97. The largest absolute Gasteiger partial charge is 0.493 e. The van der Waals surface area contributed by atoms with Gasteiger partial charge in [0.25, 0.3) is 10.1 Å². The maximum atomic E-state index is 11.1. The third-order valence-electron chi connectivity index (χ3n) is 3.17. The first-order valence-corrected chi connectivity index (χ1v) is 8.64. The Kier molecular flexibility index (Phi) is 7.28. The van der Waals surface area contributed by atoms with E-state index in [1.165, 1.54) is 39.2 Å². The topological polar surface area (TPSA) is 98.9 Å². The molecule has 128 valence electrons. The Morgan fingerprint density at radius 1 is 1.04 bits per heavy atom. The second kappa shape index (κ2) is 8.71. The molecular formula is C16H23NO5S. The Morgan fingerprint density at radius 3 is 2.00 bits per heavy atom. The number of nitrogens with two attached hydrogens (primary N) is 1. The molecule has 0 fully saturated rings. The van der Waals surface area contributed by atoms with Crippen molar-refractivity contribution in [3.05, 3.63) is 30.3 Å². The van der Waals surface area contributed by atoms with Gasteiger partial charge in [0.2, 0.25) is 0 Å². The highest BCUT2D eigenvalue weighted by Crippen LogP contribution is 2.32. The summed E-state index contributed by atoms with van der Waals surface area (Å²) in [6, 6.07) is 7.71. The zero-order valence-corrected chi connectivity index (χ0v) is 14.4. The van der Waals surface area contributed by atoms with Crippen molar-refractivity contribution in [1.29, 1.82) is 0 Å². The standard InChI is InChI=1S/C12H12O5S.C4H11N/c1-16-11-6-8-3-4-10(18(13,14)15)5-9(8)7-12(11)17-2;1-2-3-4-5/h3-7H,1-2H3,(H,13,14,15);2-5H2,1H3. The number of unbranched alkanes of at least 4 members (excludes halogenated alkanes) is 1. The minimum Gasteiger partial charge on any atom is -0.493 e. The van der Waals surface area contributed by atoms with E-state index in [0.29, 0.717) is 16.9 Å². The van der Waals surface area contributed by atoms with Crippen LogP contribution in [0.25, 0.3) is 10.8 Å². The Labute approximate surface area is 137 Å². The molecule has 3 N–H and O–H groups in total. The molecule has 0 aromatic heterocycles. The molecule has 23 heavy (non-hydrogen) atoms. The second-order valence-corrected chi connectivity index (χ2v) is 6.25. The number of benzene rings is 2. The minimum absolute atomic E-state index is 0.151. The molecule has 0 unspecified atom stereocenters. The molecule has 0 radical (unpaired) electrons. The highest BCUT2D eigenvalue weighted by molar-refractivity contribution is 7.85. The first kappa shape index (κ1) is 19.2. The van der Waals surface area contributed by atoms with Crippen molar-refractivity contribution in [3.8, 4) is 11.5 Å². The predicted molar refractivity (Wildman–Crippen MR) is 90.8 cm³/mol. The van der Waals surface area contributed by atoms with Crippen molar-refractivity contribution in [1.82, 2.24) is 0 Å². The number of methoxy groups -OCH3 is 2. The van der Waals surface area contributed by atoms with Crippen LogP contribution in [0.5, 0.6) is 11.5 Å². The van der Waals surface area contributed by atoms with Crippen LogP contribution in [0, 0.1) is 0 Å². The van der Waals surface area contributed by atoms with E-state index in [9.17, 15) is 8.42 Å². The highest BCUT2D eigenvalue weighted by Gasteiger charge is 2.12. The van der Waals surface area contributed by atoms with Gasteiger partial charge in [-0.25, -0.2) is 0 Å². The Balaban J connectivity index is 0.000000463. The van der Waals surface area contributed by atoms with Gasteiger partial charge in [-0.3, -0.25) is 4.55 Å². The molecule has 0 saturated carbocycles. The van der Waals surface area contributed by atoms with Crippen molar-refractivity contribution in [3.63, 3.8) is 0 Å². The molecule has 2 aromatic rings. The van der Waals surface area contributed by atoms with Crippen LogP contribution in [-0.4, -0.2) is 33.7 Å². The van der Waals surface area contributed by atoms with Crippen LogP contribution in [0.3, 0.4) is 0 Å². The molecule has 2 rings (SSSR count). The van der Waals surface area contributed by atoms with Gasteiger partial charge < -0.3 is 15.2 Å². The molecule has 0 amide bonds. The fourth-order valence-corrected chi connectivity index (χ4v) is 2.43. The Morgan fingerprint density at radius 2 is 1.61 bits per heavy atom. The molecule has 0 spiro atoms. The Hall–Kier alpha value is -1.83. The third kappa shape index (κ3) is 5.38. The van der Waals surface area contributed by atoms with Gasteiger partial charge in [-0.1, -0.05) is 19.4 Å². The van der Waals surface area contributed by atoms with E-state index in [0.717, 1.165) is 11.9 Å². The lowest BCUT2D eigenvalue weighted by molar-refractivity contribution is 0.356. The maximum absolute atomic E-state index is 11.1.